The highest BCUT2D eigenvalue weighted by atomic mass is 32.1. The number of nitro benzene ring substituents is 1. The average molecular weight is 530 g/mol. The van der Waals surface area contributed by atoms with Gasteiger partial charge < -0.3 is 24.3 Å². The SMILES string of the molecule is COc1ccccc1N1C(=S)N[C@H](c2ccccn2)[C@@H]1c1cc(C)n(-c2ccc([N+](=O)[O-])cc2OC)c1C. The highest BCUT2D eigenvalue weighted by Crippen LogP contribution is 2.46. The van der Waals surface area contributed by atoms with Crippen LogP contribution in [-0.2, 0) is 0 Å². The summed E-state index contributed by atoms with van der Waals surface area (Å²) in [5.74, 6) is 1.12. The number of pyridine rings is 1. The molecule has 2 aromatic heterocycles. The van der Waals surface area contributed by atoms with Gasteiger partial charge in [0.15, 0.2) is 5.11 Å². The zero-order valence-electron chi connectivity index (χ0n) is 21.4. The molecule has 1 saturated heterocycles. The third-order valence-corrected chi connectivity index (χ3v) is 7.16. The Balaban J connectivity index is 1.70. The highest BCUT2D eigenvalue weighted by Gasteiger charge is 2.43. The Bertz CT molecular complexity index is 1520. The van der Waals surface area contributed by atoms with Crippen molar-refractivity contribution in [1.82, 2.24) is 14.9 Å². The standard InChI is InChI=1S/C28H27N5O4S/c1-17-15-20(18(2)31(17)23-13-12-19(33(34)35)16-25(23)37-4)27-26(21-9-7-8-14-29-21)30-28(38)32(27)22-10-5-6-11-24(22)36-3/h5-16,26-27H,1-4H3,(H,30,38)/t26-,27+/m1/s1. The highest BCUT2D eigenvalue weighted by molar-refractivity contribution is 7.80. The Hall–Kier alpha value is -4.44. The van der Waals surface area contributed by atoms with Crippen LogP contribution in [0.3, 0.4) is 0 Å². The van der Waals surface area contributed by atoms with E-state index in [2.05, 4.69) is 25.8 Å². The van der Waals surface area contributed by atoms with E-state index in [1.54, 1.807) is 19.4 Å². The minimum atomic E-state index is -0.430. The van der Waals surface area contributed by atoms with Gasteiger partial charge in [0.05, 0.1) is 54.4 Å². The molecule has 0 radical (unpaired) electrons. The van der Waals surface area contributed by atoms with Crippen molar-refractivity contribution in [3.05, 3.63) is 106 Å². The molecule has 1 aliphatic heterocycles. The molecule has 194 valence electrons. The molecule has 0 bridgehead atoms. The van der Waals surface area contributed by atoms with E-state index >= 15 is 0 Å². The maximum absolute atomic E-state index is 11.4. The normalized spacial score (nSPS) is 16.8. The van der Waals surface area contributed by atoms with Crippen LogP contribution in [0.4, 0.5) is 11.4 Å². The second-order valence-electron chi connectivity index (χ2n) is 8.94. The molecule has 10 heteroatoms. The number of aryl methyl sites for hydroxylation is 1. The number of aromatic nitrogens is 2. The summed E-state index contributed by atoms with van der Waals surface area (Å²) in [5, 5.41) is 15.4. The zero-order valence-corrected chi connectivity index (χ0v) is 22.2. The van der Waals surface area contributed by atoms with Crippen LogP contribution in [0.25, 0.3) is 5.69 Å². The second kappa shape index (κ2) is 10.1. The molecule has 1 fully saturated rings. The smallest absolute Gasteiger partial charge is 0.273 e. The summed E-state index contributed by atoms with van der Waals surface area (Å²) >= 11 is 5.88. The topological polar surface area (TPSA) is 94.7 Å². The molecular weight excluding hydrogens is 502 g/mol. The molecule has 3 heterocycles. The van der Waals surface area contributed by atoms with Crippen LogP contribution in [-0.4, -0.2) is 33.8 Å². The Morgan fingerprint density at radius 2 is 1.71 bits per heavy atom. The lowest BCUT2D eigenvalue weighted by Gasteiger charge is -2.29. The first-order valence-electron chi connectivity index (χ1n) is 12.0. The van der Waals surface area contributed by atoms with Gasteiger partial charge in [-0.1, -0.05) is 18.2 Å². The number of para-hydroxylation sites is 2. The van der Waals surface area contributed by atoms with Gasteiger partial charge in [-0.15, -0.1) is 0 Å². The van der Waals surface area contributed by atoms with E-state index in [1.807, 2.05) is 56.3 Å². The number of rotatable bonds is 7. The van der Waals surface area contributed by atoms with Crippen molar-refractivity contribution in [3.63, 3.8) is 0 Å². The lowest BCUT2D eigenvalue weighted by Crippen LogP contribution is -2.30. The molecule has 0 unspecified atom stereocenters. The summed E-state index contributed by atoms with van der Waals surface area (Å²) in [7, 11) is 3.15. The van der Waals surface area contributed by atoms with Gasteiger partial charge in [-0.25, -0.2) is 0 Å². The molecule has 1 aliphatic rings. The number of nitrogens with zero attached hydrogens (tertiary/aromatic N) is 4. The third kappa shape index (κ3) is 4.22. The quantitative estimate of drug-likeness (QED) is 0.188. The predicted octanol–water partition coefficient (Wildman–Crippen LogP) is 5.59. The monoisotopic (exact) mass is 529 g/mol. The van der Waals surface area contributed by atoms with E-state index in [9.17, 15) is 10.1 Å². The Morgan fingerprint density at radius 1 is 0.974 bits per heavy atom. The maximum Gasteiger partial charge on any atom is 0.273 e. The molecule has 2 aromatic carbocycles. The Kier molecular flexibility index (Phi) is 6.73. The molecule has 38 heavy (non-hydrogen) atoms. The molecular formula is C28H27N5O4S. The van der Waals surface area contributed by atoms with Crippen LogP contribution in [0.5, 0.6) is 11.5 Å². The van der Waals surface area contributed by atoms with E-state index in [0.29, 0.717) is 22.3 Å². The van der Waals surface area contributed by atoms with Gasteiger partial charge in [0.1, 0.15) is 11.5 Å². The van der Waals surface area contributed by atoms with Crippen LogP contribution in [0.15, 0.2) is 72.9 Å². The maximum atomic E-state index is 11.4. The molecule has 9 nitrogen and oxygen atoms in total. The van der Waals surface area contributed by atoms with Crippen molar-refractivity contribution in [3.8, 4) is 17.2 Å². The lowest BCUT2D eigenvalue weighted by molar-refractivity contribution is -0.384. The number of methoxy groups -OCH3 is 2. The first kappa shape index (κ1) is 25.2. The van der Waals surface area contributed by atoms with Gasteiger partial charge in [0.25, 0.3) is 5.69 Å². The number of hydrogen-bond donors (Lipinski definition) is 1. The van der Waals surface area contributed by atoms with Gasteiger partial charge in [0, 0.05) is 23.7 Å². The predicted molar refractivity (Wildman–Crippen MR) is 149 cm³/mol. The van der Waals surface area contributed by atoms with Crippen LogP contribution < -0.4 is 19.7 Å². The molecule has 0 amide bonds. The molecule has 2 atom stereocenters. The van der Waals surface area contributed by atoms with Crippen molar-refractivity contribution in [1.29, 1.82) is 0 Å². The summed E-state index contributed by atoms with van der Waals surface area (Å²) in [5.41, 5.74) is 5.30. The molecule has 5 rings (SSSR count). The fourth-order valence-electron chi connectivity index (χ4n) is 5.18. The van der Waals surface area contributed by atoms with Crippen molar-refractivity contribution in [2.75, 3.05) is 19.1 Å². The molecule has 0 aliphatic carbocycles. The first-order valence-corrected chi connectivity index (χ1v) is 12.4. The number of ether oxygens (including phenoxy) is 2. The molecule has 0 saturated carbocycles. The number of anilines is 1. The van der Waals surface area contributed by atoms with E-state index in [1.165, 1.54) is 19.2 Å². The summed E-state index contributed by atoms with van der Waals surface area (Å²) < 4.78 is 13.3. The number of non-ortho nitro benzene ring substituents is 1. The van der Waals surface area contributed by atoms with Crippen LogP contribution in [0, 0.1) is 24.0 Å². The van der Waals surface area contributed by atoms with E-state index in [4.69, 9.17) is 21.7 Å². The third-order valence-electron chi connectivity index (χ3n) is 6.85. The van der Waals surface area contributed by atoms with E-state index in [0.717, 1.165) is 28.3 Å². The fourth-order valence-corrected chi connectivity index (χ4v) is 5.52. The van der Waals surface area contributed by atoms with Gasteiger partial charge in [-0.3, -0.25) is 15.1 Å². The average Bonchev–Trinajstić information content (AvgIpc) is 3.43. The Morgan fingerprint density at radius 3 is 2.39 bits per heavy atom. The van der Waals surface area contributed by atoms with Gasteiger partial charge in [-0.05, 0) is 68.0 Å². The van der Waals surface area contributed by atoms with E-state index in [-0.39, 0.29) is 17.8 Å². The van der Waals surface area contributed by atoms with Crippen LogP contribution in [0.1, 0.15) is 34.7 Å². The van der Waals surface area contributed by atoms with Gasteiger partial charge in [0.2, 0.25) is 0 Å². The van der Waals surface area contributed by atoms with Crippen molar-refractivity contribution >= 4 is 28.7 Å². The lowest BCUT2D eigenvalue weighted by atomic mass is 9.96. The molecule has 0 spiro atoms. The minimum absolute atomic E-state index is 0.0313. The summed E-state index contributed by atoms with van der Waals surface area (Å²) in [6, 6.07) is 19.9. The van der Waals surface area contributed by atoms with E-state index < -0.39 is 4.92 Å². The first-order chi connectivity index (χ1) is 18.3. The largest absolute Gasteiger partial charge is 0.495 e. The number of benzene rings is 2. The number of nitro groups is 1. The summed E-state index contributed by atoms with van der Waals surface area (Å²) in [6.07, 6.45) is 1.77. The summed E-state index contributed by atoms with van der Waals surface area (Å²) in [6.45, 7) is 4.03. The minimum Gasteiger partial charge on any atom is -0.495 e. The van der Waals surface area contributed by atoms with Crippen LogP contribution in [0.2, 0.25) is 0 Å². The van der Waals surface area contributed by atoms with Crippen molar-refractivity contribution in [2.45, 2.75) is 25.9 Å². The Labute approximate surface area is 225 Å². The van der Waals surface area contributed by atoms with Gasteiger partial charge in [-0.2, -0.15) is 0 Å². The fraction of sp³-hybridized carbons (Fsp3) is 0.214. The van der Waals surface area contributed by atoms with Crippen molar-refractivity contribution < 1.29 is 14.4 Å². The van der Waals surface area contributed by atoms with Gasteiger partial charge >= 0.3 is 0 Å². The zero-order chi connectivity index (χ0) is 27.0. The number of nitrogens with one attached hydrogen (secondary N) is 1. The second-order valence-corrected chi connectivity index (χ2v) is 9.33. The molecule has 1 N–H and O–H groups in total. The van der Waals surface area contributed by atoms with Crippen LogP contribution >= 0.6 is 12.2 Å². The summed E-state index contributed by atoms with van der Waals surface area (Å²) in [4.78, 5) is 17.6. The molecule has 4 aromatic rings. The number of thiocarbonyl (C=S) groups is 1. The van der Waals surface area contributed by atoms with Crippen molar-refractivity contribution in [2.24, 2.45) is 0 Å². The number of hydrogen-bond acceptors (Lipinski definition) is 6.